The van der Waals surface area contributed by atoms with Gasteiger partial charge in [0, 0.05) is 22.7 Å². The summed E-state index contributed by atoms with van der Waals surface area (Å²) >= 11 is 2.39. The Labute approximate surface area is 119 Å². The van der Waals surface area contributed by atoms with Crippen molar-refractivity contribution in [1.82, 2.24) is 10.6 Å². The Morgan fingerprint density at radius 3 is 2.47 bits per heavy atom. The molecular formula is C14H23IN2. The van der Waals surface area contributed by atoms with Crippen LogP contribution in [0.2, 0.25) is 0 Å². The molecule has 0 aliphatic carbocycles. The van der Waals surface area contributed by atoms with Crippen molar-refractivity contribution in [3.05, 3.63) is 33.4 Å². The van der Waals surface area contributed by atoms with Crippen molar-refractivity contribution in [2.45, 2.75) is 33.4 Å². The molecule has 1 atom stereocenters. The van der Waals surface area contributed by atoms with Crippen molar-refractivity contribution in [3.8, 4) is 0 Å². The predicted octanol–water partition coefficient (Wildman–Crippen LogP) is 3.01. The van der Waals surface area contributed by atoms with E-state index in [1.807, 2.05) is 0 Å². The largest absolute Gasteiger partial charge is 0.315 e. The summed E-state index contributed by atoms with van der Waals surface area (Å²) < 4.78 is 1.33. The maximum absolute atomic E-state index is 3.55. The monoisotopic (exact) mass is 346 g/mol. The topological polar surface area (TPSA) is 24.1 Å². The van der Waals surface area contributed by atoms with E-state index in [2.05, 4.69) is 78.3 Å². The number of hydrogen-bond donors (Lipinski definition) is 2. The van der Waals surface area contributed by atoms with Crippen LogP contribution in [0.4, 0.5) is 0 Å². The van der Waals surface area contributed by atoms with Gasteiger partial charge in [0.25, 0.3) is 0 Å². The second-order valence-electron chi connectivity index (χ2n) is 4.93. The van der Waals surface area contributed by atoms with Crippen LogP contribution in [0.5, 0.6) is 0 Å². The van der Waals surface area contributed by atoms with Crippen LogP contribution >= 0.6 is 22.6 Å². The first-order valence-corrected chi connectivity index (χ1v) is 7.35. The zero-order valence-electron chi connectivity index (χ0n) is 11.0. The fourth-order valence-electron chi connectivity index (χ4n) is 1.59. The highest BCUT2D eigenvalue weighted by molar-refractivity contribution is 14.1. The molecule has 1 aromatic carbocycles. The molecule has 17 heavy (non-hydrogen) atoms. The minimum Gasteiger partial charge on any atom is -0.315 e. The molecule has 2 nitrogen and oxygen atoms in total. The van der Waals surface area contributed by atoms with E-state index in [-0.39, 0.29) is 0 Å². The molecule has 0 saturated carbocycles. The summed E-state index contributed by atoms with van der Waals surface area (Å²) in [5.41, 5.74) is 1.38. The van der Waals surface area contributed by atoms with Gasteiger partial charge < -0.3 is 10.6 Å². The number of nitrogens with one attached hydrogen (secondary N) is 2. The van der Waals surface area contributed by atoms with Crippen molar-refractivity contribution in [3.63, 3.8) is 0 Å². The molecule has 1 rings (SSSR count). The van der Waals surface area contributed by atoms with Crippen molar-refractivity contribution in [2.75, 3.05) is 13.1 Å². The summed E-state index contributed by atoms with van der Waals surface area (Å²) in [4.78, 5) is 0. The van der Waals surface area contributed by atoms with E-state index in [1.54, 1.807) is 0 Å². The molecule has 1 aromatic rings. The average molecular weight is 346 g/mol. The van der Waals surface area contributed by atoms with E-state index < -0.39 is 0 Å². The van der Waals surface area contributed by atoms with E-state index in [4.69, 9.17) is 0 Å². The van der Waals surface area contributed by atoms with Gasteiger partial charge in [0.1, 0.15) is 0 Å². The van der Waals surface area contributed by atoms with Crippen LogP contribution in [0.3, 0.4) is 0 Å². The maximum Gasteiger partial charge on any atom is 0.0219 e. The highest BCUT2D eigenvalue weighted by Gasteiger charge is 2.03. The Morgan fingerprint density at radius 2 is 1.82 bits per heavy atom. The quantitative estimate of drug-likeness (QED) is 0.742. The second-order valence-corrected chi connectivity index (χ2v) is 6.09. The van der Waals surface area contributed by atoms with Gasteiger partial charge in [-0.1, -0.05) is 32.0 Å². The lowest BCUT2D eigenvalue weighted by atomic mass is 10.2. The molecule has 2 N–H and O–H groups in total. The predicted molar refractivity (Wildman–Crippen MR) is 83.2 cm³/mol. The lowest BCUT2D eigenvalue weighted by Gasteiger charge is -2.16. The van der Waals surface area contributed by atoms with Crippen LogP contribution in [0.1, 0.15) is 26.3 Å². The van der Waals surface area contributed by atoms with Gasteiger partial charge in [0.05, 0.1) is 0 Å². The highest BCUT2D eigenvalue weighted by Crippen LogP contribution is 2.10. The third kappa shape index (κ3) is 6.38. The van der Waals surface area contributed by atoms with Crippen LogP contribution in [-0.4, -0.2) is 19.1 Å². The third-order valence-electron chi connectivity index (χ3n) is 2.60. The minimum atomic E-state index is 0.504. The number of benzene rings is 1. The molecule has 0 aromatic heterocycles. The van der Waals surface area contributed by atoms with Crippen LogP contribution in [0, 0.1) is 9.49 Å². The Kier molecular flexibility index (Phi) is 7.08. The molecule has 0 bridgehead atoms. The number of rotatable bonds is 7. The first kappa shape index (κ1) is 14.9. The van der Waals surface area contributed by atoms with Gasteiger partial charge in [0.2, 0.25) is 0 Å². The fourth-order valence-corrected chi connectivity index (χ4v) is 2.16. The Hall–Kier alpha value is -0.130. The fraction of sp³-hybridized carbons (Fsp3) is 0.571. The summed E-state index contributed by atoms with van der Waals surface area (Å²) in [5.74, 6) is 0.720. The summed E-state index contributed by atoms with van der Waals surface area (Å²) in [5, 5.41) is 7.02. The molecule has 0 spiro atoms. The molecule has 1 unspecified atom stereocenters. The second kappa shape index (κ2) is 8.06. The summed E-state index contributed by atoms with van der Waals surface area (Å²) in [6, 6.07) is 9.02. The van der Waals surface area contributed by atoms with E-state index in [0.29, 0.717) is 6.04 Å². The van der Waals surface area contributed by atoms with Crippen molar-refractivity contribution >= 4 is 22.6 Å². The minimum absolute atomic E-state index is 0.504. The molecule has 96 valence electrons. The molecular weight excluding hydrogens is 323 g/mol. The average Bonchev–Trinajstić information content (AvgIpc) is 2.27. The zero-order valence-corrected chi connectivity index (χ0v) is 13.1. The van der Waals surface area contributed by atoms with Gasteiger partial charge in [-0.25, -0.2) is 0 Å². The molecule has 0 heterocycles. The van der Waals surface area contributed by atoms with Gasteiger partial charge in [-0.2, -0.15) is 0 Å². The zero-order chi connectivity index (χ0) is 12.7. The maximum atomic E-state index is 3.55. The van der Waals surface area contributed by atoms with Crippen molar-refractivity contribution < 1.29 is 0 Å². The number of hydrogen-bond acceptors (Lipinski definition) is 2. The standard InChI is InChI=1S/C14H23IN2/c1-11(2)8-16-9-12(3)17-10-13-6-4-5-7-14(13)15/h4-7,11-12,16-17H,8-10H2,1-3H3. The van der Waals surface area contributed by atoms with Gasteiger partial charge in [-0.15, -0.1) is 0 Å². The first-order chi connectivity index (χ1) is 8.09. The molecule has 0 aliphatic heterocycles. The summed E-state index contributed by atoms with van der Waals surface area (Å²) in [7, 11) is 0. The smallest absolute Gasteiger partial charge is 0.0219 e. The van der Waals surface area contributed by atoms with Gasteiger partial charge in [-0.3, -0.25) is 0 Å². The van der Waals surface area contributed by atoms with E-state index in [9.17, 15) is 0 Å². The van der Waals surface area contributed by atoms with Gasteiger partial charge in [0.15, 0.2) is 0 Å². The van der Waals surface area contributed by atoms with Crippen LogP contribution in [0.25, 0.3) is 0 Å². The van der Waals surface area contributed by atoms with Crippen LogP contribution in [0.15, 0.2) is 24.3 Å². The molecule has 3 heteroatoms. The SMILES string of the molecule is CC(C)CNCC(C)NCc1ccccc1I. The van der Waals surface area contributed by atoms with E-state index in [0.717, 1.165) is 25.6 Å². The molecule has 0 aliphatic rings. The van der Waals surface area contributed by atoms with Crippen LogP contribution in [-0.2, 0) is 6.54 Å². The van der Waals surface area contributed by atoms with E-state index in [1.165, 1.54) is 9.13 Å². The van der Waals surface area contributed by atoms with Crippen molar-refractivity contribution in [2.24, 2.45) is 5.92 Å². The summed E-state index contributed by atoms with van der Waals surface area (Å²) in [6.45, 7) is 9.76. The summed E-state index contributed by atoms with van der Waals surface area (Å²) in [6.07, 6.45) is 0. The molecule has 0 amide bonds. The number of halogens is 1. The van der Waals surface area contributed by atoms with Gasteiger partial charge in [-0.05, 0) is 53.6 Å². The molecule has 0 saturated heterocycles. The van der Waals surface area contributed by atoms with Crippen molar-refractivity contribution in [1.29, 1.82) is 0 Å². The molecule has 0 radical (unpaired) electrons. The normalized spacial score (nSPS) is 13.0. The molecule has 0 fully saturated rings. The van der Waals surface area contributed by atoms with Crippen LogP contribution < -0.4 is 10.6 Å². The lowest BCUT2D eigenvalue weighted by Crippen LogP contribution is -2.37. The Bertz CT molecular complexity index is 326. The highest BCUT2D eigenvalue weighted by atomic mass is 127. The Balaban J connectivity index is 2.24. The lowest BCUT2D eigenvalue weighted by molar-refractivity contribution is 0.472. The Morgan fingerprint density at radius 1 is 1.12 bits per heavy atom. The first-order valence-electron chi connectivity index (χ1n) is 6.27. The third-order valence-corrected chi connectivity index (χ3v) is 3.65. The van der Waals surface area contributed by atoms with Gasteiger partial charge >= 0.3 is 0 Å². The van der Waals surface area contributed by atoms with E-state index >= 15 is 0 Å².